The molecule has 0 spiro atoms. The Balaban J connectivity index is 1.77. The number of rotatable bonds is 4. The molecule has 5 nitrogen and oxygen atoms in total. The highest BCUT2D eigenvalue weighted by Crippen LogP contribution is 2.27. The molecule has 0 saturated carbocycles. The van der Waals surface area contributed by atoms with E-state index in [0.717, 1.165) is 6.07 Å². The van der Waals surface area contributed by atoms with Gasteiger partial charge in [0.15, 0.2) is 0 Å². The molecule has 3 aromatic rings. The number of urea groups is 1. The number of carbonyl (C=O) groups excluding carboxylic acids is 3. The number of nitrogens with one attached hydrogen (secondary N) is 1. The molecule has 160 valence electrons. The quantitative estimate of drug-likeness (QED) is 0.453. The molecule has 1 N–H and O–H groups in total. The Bertz CT molecular complexity index is 1290. The van der Waals surface area contributed by atoms with Gasteiger partial charge in [0.25, 0.3) is 11.8 Å². The summed E-state index contributed by atoms with van der Waals surface area (Å²) in [5, 5.41) is 2.38. The first-order valence-corrected chi connectivity index (χ1v) is 9.91. The average Bonchev–Trinajstić information content (AvgIpc) is 2.75. The average molecular weight is 453 g/mol. The van der Waals surface area contributed by atoms with Crippen LogP contribution in [0.5, 0.6) is 0 Å². The topological polar surface area (TPSA) is 66.5 Å². The van der Waals surface area contributed by atoms with E-state index in [0.29, 0.717) is 26.6 Å². The lowest BCUT2D eigenvalue weighted by Crippen LogP contribution is -2.54. The highest BCUT2D eigenvalue weighted by atomic mass is 35.5. The van der Waals surface area contributed by atoms with Crippen molar-refractivity contribution in [2.24, 2.45) is 0 Å². The van der Waals surface area contributed by atoms with E-state index >= 15 is 0 Å². The van der Waals surface area contributed by atoms with E-state index in [2.05, 4.69) is 0 Å². The molecule has 0 aromatic heterocycles. The second-order valence-electron chi connectivity index (χ2n) is 7.02. The van der Waals surface area contributed by atoms with Crippen molar-refractivity contribution in [3.8, 4) is 0 Å². The van der Waals surface area contributed by atoms with Gasteiger partial charge in [-0.05, 0) is 53.1 Å². The molecule has 1 aliphatic rings. The molecule has 1 fully saturated rings. The first-order chi connectivity index (χ1) is 15.3. The summed E-state index contributed by atoms with van der Waals surface area (Å²) >= 11 is 6.11. The first kappa shape index (κ1) is 21.4. The molecule has 4 amide bonds. The Morgan fingerprint density at radius 1 is 0.875 bits per heavy atom. The molecular formula is C24H15ClF2N2O3. The number of para-hydroxylation sites is 1. The molecular weight excluding hydrogens is 438 g/mol. The number of hydrogen-bond acceptors (Lipinski definition) is 3. The SMILES string of the molecule is O=C1NC(=O)N(c2ccccc2F)C(=O)/C1=C\c1cc(Cl)ccc1Cc1ccccc1F. The van der Waals surface area contributed by atoms with Gasteiger partial charge in [-0.2, -0.15) is 0 Å². The van der Waals surface area contributed by atoms with Gasteiger partial charge in [0.05, 0.1) is 5.69 Å². The maximum atomic E-state index is 14.2. The Labute approximate surface area is 186 Å². The van der Waals surface area contributed by atoms with Gasteiger partial charge in [-0.15, -0.1) is 0 Å². The van der Waals surface area contributed by atoms with E-state index in [1.165, 1.54) is 36.4 Å². The van der Waals surface area contributed by atoms with Crippen molar-refractivity contribution in [1.29, 1.82) is 0 Å². The van der Waals surface area contributed by atoms with E-state index in [1.54, 1.807) is 30.3 Å². The second-order valence-corrected chi connectivity index (χ2v) is 7.46. The van der Waals surface area contributed by atoms with Crippen LogP contribution in [0.2, 0.25) is 5.02 Å². The van der Waals surface area contributed by atoms with Gasteiger partial charge >= 0.3 is 6.03 Å². The minimum atomic E-state index is -1.06. The van der Waals surface area contributed by atoms with E-state index < -0.39 is 29.5 Å². The molecule has 0 bridgehead atoms. The third-order valence-electron chi connectivity index (χ3n) is 4.94. The number of barbiturate groups is 1. The third kappa shape index (κ3) is 4.15. The predicted molar refractivity (Wildman–Crippen MR) is 116 cm³/mol. The zero-order valence-corrected chi connectivity index (χ0v) is 17.2. The molecule has 0 unspecified atom stereocenters. The Kier molecular flexibility index (Phi) is 5.83. The summed E-state index contributed by atoms with van der Waals surface area (Å²) in [7, 11) is 0. The van der Waals surface area contributed by atoms with Crippen molar-refractivity contribution in [2.45, 2.75) is 6.42 Å². The smallest absolute Gasteiger partial charge is 0.273 e. The summed E-state index contributed by atoms with van der Waals surface area (Å²) in [6.45, 7) is 0. The molecule has 0 aliphatic carbocycles. The van der Waals surface area contributed by atoms with Crippen LogP contribution in [0.15, 0.2) is 72.3 Å². The zero-order valence-electron chi connectivity index (χ0n) is 16.4. The van der Waals surface area contributed by atoms with Crippen LogP contribution in [-0.4, -0.2) is 17.8 Å². The van der Waals surface area contributed by atoms with Crippen LogP contribution in [0.3, 0.4) is 0 Å². The lowest BCUT2D eigenvalue weighted by molar-refractivity contribution is -0.122. The van der Waals surface area contributed by atoms with Gasteiger partial charge in [-0.1, -0.05) is 48.0 Å². The highest BCUT2D eigenvalue weighted by molar-refractivity contribution is 6.39. The first-order valence-electron chi connectivity index (χ1n) is 9.53. The van der Waals surface area contributed by atoms with Crippen molar-refractivity contribution in [2.75, 3.05) is 4.90 Å². The van der Waals surface area contributed by atoms with Crippen LogP contribution in [0, 0.1) is 11.6 Å². The standard InChI is InChI=1S/C24H15ClF2N2O3/c25-17-10-9-14(11-15-5-1-2-6-19(15)26)16(12-17)13-18-22(30)28-24(32)29(23(18)31)21-8-4-3-7-20(21)27/h1-10,12-13H,11H2,(H,28,30,32)/b18-13-. The second kappa shape index (κ2) is 8.72. The summed E-state index contributed by atoms with van der Waals surface area (Å²) in [5.74, 6) is -3.11. The van der Waals surface area contributed by atoms with Crippen LogP contribution in [0.4, 0.5) is 19.3 Å². The van der Waals surface area contributed by atoms with E-state index in [1.807, 2.05) is 5.32 Å². The fraction of sp³-hybridized carbons (Fsp3) is 0.0417. The minimum Gasteiger partial charge on any atom is -0.273 e. The lowest BCUT2D eigenvalue weighted by Gasteiger charge is -2.26. The normalized spacial score (nSPS) is 15.3. The number of amides is 4. The van der Waals surface area contributed by atoms with E-state index in [9.17, 15) is 23.2 Å². The zero-order chi connectivity index (χ0) is 22.8. The van der Waals surface area contributed by atoms with Crippen LogP contribution in [0.1, 0.15) is 16.7 Å². The van der Waals surface area contributed by atoms with Crippen molar-refractivity contribution in [1.82, 2.24) is 5.32 Å². The van der Waals surface area contributed by atoms with E-state index in [-0.39, 0.29) is 17.7 Å². The Morgan fingerprint density at radius 3 is 2.28 bits per heavy atom. The maximum Gasteiger partial charge on any atom is 0.336 e. The summed E-state index contributed by atoms with van der Waals surface area (Å²) in [5.41, 5.74) is 0.733. The highest BCUT2D eigenvalue weighted by Gasteiger charge is 2.38. The van der Waals surface area contributed by atoms with Crippen molar-refractivity contribution in [3.63, 3.8) is 0 Å². The van der Waals surface area contributed by atoms with Gasteiger partial charge < -0.3 is 0 Å². The summed E-state index contributed by atoms with van der Waals surface area (Å²) < 4.78 is 28.4. The summed E-state index contributed by atoms with van der Waals surface area (Å²) in [4.78, 5) is 38.3. The molecule has 1 aliphatic heterocycles. The van der Waals surface area contributed by atoms with Crippen molar-refractivity contribution < 1.29 is 23.2 Å². The summed E-state index contributed by atoms with van der Waals surface area (Å²) in [6, 6.07) is 15.2. The number of imide groups is 2. The van der Waals surface area contributed by atoms with Crippen LogP contribution >= 0.6 is 11.6 Å². The monoisotopic (exact) mass is 452 g/mol. The third-order valence-corrected chi connectivity index (χ3v) is 5.18. The number of nitrogens with zero attached hydrogens (tertiary/aromatic N) is 1. The maximum absolute atomic E-state index is 14.2. The molecule has 32 heavy (non-hydrogen) atoms. The Morgan fingerprint density at radius 2 is 1.56 bits per heavy atom. The molecule has 1 saturated heterocycles. The van der Waals surface area contributed by atoms with Gasteiger partial charge in [0.2, 0.25) is 0 Å². The minimum absolute atomic E-state index is 0.175. The van der Waals surface area contributed by atoms with Crippen molar-refractivity contribution >= 4 is 41.2 Å². The number of hydrogen-bond donors (Lipinski definition) is 1. The molecule has 8 heteroatoms. The number of halogens is 3. The number of carbonyl (C=O) groups is 3. The Hall–Kier alpha value is -3.84. The molecule has 3 aromatic carbocycles. The van der Waals surface area contributed by atoms with Gasteiger partial charge in [0.1, 0.15) is 17.2 Å². The fourth-order valence-electron chi connectivity index (χ4n) is 3.37. The van der Waals surface area contributed by atoms with Gasteiger partial charge in [-0.3, -0.25) is 14.9 Å². The molecule has 0 radical (unpaired) electrons. The van der Waals surface area contributed by atoms with Crippen LogP contribution < -0.4 is 10.2 Å². The molecule has 1 heterocycles. The summed E-state index contributed by atoms with van der Waals surface area (Å²) in [6.07, 6.45) is 1.44. The van der Waals surface area contributed by atoms with Gasteiger partial charge in [-0.25, -0.2) is 18.5 Å². The number of benzene rings is 3. The largest absolute Gasteiger partial charge is 0.336 e. The number of anilines is 1. The lowest BCUT2D eigenvalue weighted by atomic mass is 9.97. The molecule has 4 rings (SSSR count). The van der Waals surface area contributed by atoms with E-state index in [4.69, 9.17) is 11.6 Å². The molecule has 0 atom stereocenters. The van der Waals surface area contributed by atoms with Crippen LogP contribution in [-0.2, 0) is 16.0 Å². The van der Waals surface area contributed by atoms with Crippen LogP contribution in [0.25, 0.3) is 6.08 Å². The fourth-order valence-corrected chi connectivity index (χ4v) is 3.55. The van der Waals surface area contributed by atoms with Gasteiger partial charge in [0, 0.05) is 11.4 Å². The van der Waals surface area contributed by atoms with Crippen molar-refractivity contribution in [3.05, 3.63) is 106 Å². The predicted octanol–water partition coefficient (Wildman–Crippen LogP) is 4.88.